The number of nitrogens with zero attached hydrogens (tertiary/aromatic N) is 2. The molecule has 1 aromatic heterocycles. The van der Waals surface area contributed by atoms with Crippen molar-refractivity contribution in [3.8, 4) is 11.5 Å². The molecule has 0 saturated carbocycles. The zero-order valence-electron chi connectivity index (χ0n) is 18.5. The minimum Gasteiger partial charge on any atom is -0.457 e. The molecule has 1 aliphatic heterocycles. The molecule has 0 radical (unpaired) electrons. The summed E-state index contributed by atoms with van der Waals surface area (Å²) < 4.78 is 5.80. The molecule has 3 aromatic carbocycles. The summed E-state index contributed by atoms with van der Waals surface area (Å²) in [6.07, 6.45) is 1.65. The zero-order chi connectivity index (χ0) is 23.3. The van der Waals surface area contributed by atoms with Gasteiger partial charge in [-0.1, -0.05) is 38.5 Å². The maximum Gasteiger partial charge on any atom is 0.255 e. The normalized spacial score (nSPS) is 14.4. The predicted molar refractivity (Wildman–Crippen MR) is 139 cm³/mol. The van der Waals surface area contributed by atoms with E-state index in [0.29, 0.717) is 17.0 Å². The second kappa shape index (κ2) is 10.2. The minimum atomic E-state index is -0.160. The Kier molecular flexibility index (Phi) is 6.70. The molecule has 0 fully saturated rings. The quantitative estimate of drug-likeness (QED) is 0.174. The van der Waals surface area contributed by atoms with Crippen LogP contribution >= 0.6 is 20.0 Å². The van der Waals surface area contributed by atoms with E-state index in [9.17, 15) is 4.79 Å². The fourth-order valence-electron chi connectivity index (χ4n) is 3.61. The molecule has 5 nitrogen and oxygen atoms in total. The molecular formula is C27H22N3O2PS. The lowest BCUT2D eigenvalue weighted by atomic mass is 10.2. The van der Waals surface area contributed by atoms with Gasteiger partial charge in [0.2, 0.25) is 0 Å². The average molecular weight is 484 g/mol. The number of ether oxygens (including phenoxy) is 1. The standard InChI is InChI=1S/C27H22N3O2PS/c1-18-25-24(15-33-18)27(29-17-28-25)34-16-19-6-5-7-21(14-19)30-26(31)20-10-12-23(13-11-20)32-22-8-3-2-4-9-22/h2-15,17-18H,16H2,1H3,(H,30,31). The summed E-state index contributed by atoms with van der Waals surface area (Å²) in [5, 5.41) is 4.00. The van der Waals surface area contributed by atoms with Crippen LogP contribution in [0.2, 0.25) is 0 Å². The molecule has 2 heterocycles. The van der Waals surface area contributed by atoms with Gasteiger partial charge in [0.15, 0.2) is 0 Å². The molecule has 7 heteroatoms. The lowest BCUT2D eigenvalue weighted by molar-refractivity contribution is 0.102. The van der Waals surface area contributed by atoms with Crippen LogP contribution in [0.5, 0.6) is 11.5 Å². The third-order valence-electron chi connectivity index (χ3n) is 5.36. The first-order chi connectivity index (χ1) is 16.7. The third-order valence-corrected chi connectivity index (χ3v) is 7.53. The number of para-hydroxylation sites is 1. The van der Waals surface area contributed by atoms with Gasteiger partial charge in [0.1, 0.15) is 22.9 Å². The van der Waals surface area contributed by atoms with Gasteiger partial charge < -0.3 is 10.1 Å². The Labute approximate surface area is 204 Å². The summed E-state index contributed by atoms with van der Waals surface area (Å²) in [6, 6.07) is 24.6. The van der Waals surface area contributed by atoms with E-state index in [1.807, 2.05) is 48.5 Å². The molecule has 34 heavy (non-hydrogen) atoms. The Bertz CT molecular complexity index is 1340. The van der Waals surface area contributed by atoms with E-state index in [4.69, 9.17) is 4.74 Å². The van der Waals surface area contributed by atoms with E-state index in [-0.39, 0.29) is 5.91 Å². The van der Waals surface area contributed by atoms with Crippen molar-refractivity contribution in [2.45, 2.75) is 23.4 Å². The number of thioether (sulfide) groups is 1. The van der Waals surface area contributed by atoms with Crippen molar-refractivity contribution < 1.29 is 9.53 Å². The highest BCUT2D eigenvalue weighted by Gasteiger charge is 2.19. The van der Waals surface area contributed by atoms with Crippen LogP contribution in [0, 0.1) is 0 Å². The second-order valence-electron chi connectivity index (χ2n) is 7.81. The summed E-state index contributed by atoms with van der Waals surface area (Å²) in [5.41, 5.74) is 5.16. The molecule has 5 rings (SSSR count). The number of carbonyl (C=O) groups is 1. The second-order valence-corrected chi connectivity index (χ2v) is 10.1. The topological polar surface area (TPSA) is 64.1 Å². The van der Waals surface area contributed by atoms with E-state index < -0.39 is 0 Å². The Balaban J connectivity index is 1.21. The number of hydrogen-bond donors (Lipinski definition) is 1. The third kappa shape index (κ3) is 5.19. The number of carbonyl (C=O) groups excluding carboxylic acids is 1. The van der Waals surface area contributed by atoms with Crippen LogP contribution in [-0.2, 0) is 5.75 Å². The van der Waals surface area contributed by atoms with Crippen LogP contribution in [-0.4, -0.2) is 21.7 Å². The van der Waals surface area contributed by atoms with Crippen molar-refractivity contribution in [1.82, 2.24) is 9.97 Å². The van der Waals surface area contributed by atoms with Crippen molar-refractivity contribution in [2.24, 2.45) is 0 Å². The first-order valence-corrected chi connectivity index (χ1v) is 12.9. The van der Waals surface area contributed by atoms with Gasteiger partial charge in [-0.3, -0.25) is 4.79 Å². The van der Waals surface area contributed by atoms with Gasteiger partial charge in [0.05, 0.1) is 5.69 Å². The van der Waals surface area contributed by atoms with Crippen LogP contribution in [0.3, 0.4) is 0 Å². The van der Waals surface area contributed by atoms with Crippen LogP contribution in [0.4, 0.5) is 5.69 Å². The van der Waals surface area contributed by atoms with Crippen molar-refractivity contribution >= 4 is 37.4 Å². The Morgan fingerprint density at radius 1 is 1.00 bits per heavy atom. The van der Waals surface area contributed by atoms with Crippen molar-refractivity contribution in [1.29, 1.82) is 0 Å². The number of nitrogens with one attached hydrogen (secondary N) is 1. The molecule has 4 aromatic rings. The maximum absolute atomic E-state index is 12.8. The fraction of sp³-hybridized carbons (Fsp3) is 0.111. The molecule has 1 unspecified atom stereocenters. The zero-order valence-corrected chi connectivity index (χ0v) is 20.2. The SMILES string of the molecule is CC1P=Cc2c(SCc3cccc(NC(=O)c4ccc(Oc5ccccc5)cc4)c3)ncnc21. The highest BCUT2D eigenvalue weighted by molar-refractivity contribution is 7.98. The van der Waals surface area contributed by atoms with Gasteiger partial charge in [-0.25, -0.2) is 9.97 Å². The molecule has 168 valence electrons. The number of rotatable bonds is 7. The smallest absolute Gasteiger partial charge is 0.255 e. The Hall–Kier alpha value is -3.47. The highest BCUT2D eigenvalue weighted by Crippen LogP contribution is 2.38. The van der Waals surface area contributed by atoms with Gasteiger partial charge in [-0.05, 0) is 66.8 Å². The van der Waals surface area contributed by atoms with Gasteiger partial charge in [-0.2, -0.15) is 0 Å². The number of fused-ring (bicyclic) bond motifs is 1. The molecule has 0 saturated heterocycles. The molecule has 0 spiro atoms. The van der Waals surface area contributed by atoms with Crippen LogP contribution in [0.25, 0.3) is 0 Å². The largest absolute Gasteiger partial charge is 0.457 e. The van der Waals surface area contributed by atoms with Crippen LogP contribution in [0.15, 0.2) is 90.2 Å². The molecule has 1 N–H and O–H groups in total. The maximum atomic E-state index is 12.8. The van der Waals surface area contributed by atoms with Gasteiger partial charge in [0, 0.05) is 28.2 Å². The van der Waals surface area contributed by atoms with Crippen molar-refractivity contribution in [2.75, 3.05) is 5.32 Å². The summed E-state index contributed by atoms with van der Waals surface area (Å²) >= 11 is 1.69. The summed E-state index contributed by atoms with van der Waals surface area (Å²) in [6.45, 7) is 2.18. The fourth-order valence-corrected chi connectivity index (χ4v) is 5.60. The number of benzene rings is 3. The van der Waals surface area contributed by atoms with E-state index in [1.165, 1.54) is 8.20 Å². The van der Waals surface area contributed by atoms with E-state index >= 15 is 0 Å². The average Bonchev–Trinajstić information content (AvgIpc) is 3.25. The monoisotopic (exact) mass is 483 g/mol. The van der Waals surface area contributed by atoms with Crippen molar-refractivity contribution in [3.63, 3.8) is 0 Å². The van der Waals surface area contributed by atoms with Crippen LogP contribution < -0.4 is 10.1 Å². The van der Waals surface area contributed by atoms with Gasteiger partial charge >= 0.3 is 0 Å². The number of amides is 1. The molecule has 1 amide bonds. The number of anilines is 1. The number of hydrogen-bond acceptors (Lipinski definition) is 5. The minimum absolute atomic E-state index is 0.160. The summed E-state index contributed by atoms with van der Waals surface area (Å²) in [4.78, 5) is 21.7. The molecule has 1 atom stereocenters. The van der Waals surface area contributed by atoms with Gasteiger partial charge in [0.25, 0.3) is 5.91 Å². The Morgan fingerprint density at radius 2 is 1.79 bits per heavy atom. The van der Waals surface area contributed by atoms with Crippen LogP contribution in [0.1, 0.15) is 39.8 Å². The number of aromatic nitrogens is 2. The first-order valence-electron chi connectivity index (χ1n) is 10.9. The van der Waals surface area contributed by atoms with E-state index in [2.05, 4.69) is 34.1 Å². The van der Waals surface area contributed by atoms with Crippen molar-refractivity contribution in [3.05, 3.63) is 108 Å². The molecule has 1 aliphatic rings. The highest BCUT2D eigenvalue weighted by atomic mass is 32.2. The lowest BCUT2D eigenvalue weighted by Gasteiger charge is -2.10. The Morgan fingerprint density at radius 3 is 2.62 bits per heavy atom. The predicted octanol–water partition coefficient (Wildman–Crippen LogP) is 6.98. The summed E-state index contributed by atoms with van der Waals surface area (Å²) in [7, 11) is 1.27. The molecular weight excluding hydrogens is 461 g/mol. The van der Waals surface area contributed by atoms with E-state index in [1.54, 1.807) is 42.4 Å². The first kappa shape index (κ1) is 22.3. The van der Waals surface area contributed by atoms with E-state index in [0.717, 1.165) is 39.0 Å². The summed E-state index contributed by atoms with van der Waals surface area (Å²) in [5.74, 6) is 4.25. The molecule has 0 aliphatic carbocycles. The lowest BCUT2D eigenvalue weighted by Crippen LogP contribution is -2.11. The van der Waals surface area contributed by atoms with Gasteiger partial charge in [-0.15, -0.1) is 11.8 Å². The molecule has 0 bridgehead atoms.